The van der Waals surface area contributed by atoms with Crippen LogP contribution in [0.25, 0.3) is 5.69 Å². The quantitative estimate of drug-likeness (QED) is 0.820. The molecule has 1 aliphatic heterocycles. The number of methoxy groups -OCH3 is 1. The van der Waals surface area contributed by atoms with E-state index in [1.54, 1.807) is 22.9 Å². The molecule has 25 heavy (non-hydrogen) atoms. The van der Waals surface area contributed by atoms with Gasteiger partial charge in [-0.2, -0.15) is 0 Å². The van der Waals surface area contributed by atoms with Crippen molar-refractivity contribution in [1.82, 2.24) is 24.8 Å². The number of amides is 1. The molecule has 0 aliphatic carbocycles. The van der Waals surface area contributed by atoms with Gasteiger partial charge in [0.2, 0.25) is 0 Å². The molecule has 1 saturated heterocycles. The third kappa shape index (κ3) is 3.88. The first-order valence-electron chi connectivity index (χ1n) is 8.46. The highest BCUT2D eigenvalue weighted by atomic mass is 16.5. The molecule has 2 aromatic rings. The third-order valence-electron chi connectivity index (χ3n) is 4.79. The zero-order valence-electron chi connectivity index (χ0n) is 15.2. The van der Waals surface area contributed by atoms with Crippen molar-refractivity contribution in [3.05, 3.63) is 41.7 Å². The minimum absolute atomic E-state index is 0.117. The van der Waals surface area contributed by atoms with E-state index in [-0.39, 0.29) is 12.0 Å². The van der Waals surface area contributed by atoms with Crippen molar-refractivity contribution in [2.75, 3.05) is 34.3 Å². The largest absolute Gasteiger partial charge is 0.380 e. The molecular formula is C18H25N5O2. The molecule has 1 aliphatic rings. The molecule has 0 bridgehead atoms. The molecule has 1 aromatic heterocycles. The predicted molar refractivity (Wildman–Crippen MR) is 94.9 cm³/mol. The van der Waals surface area contributed by atoms with Gasteiger partial charge in [0, 0.05) is 33.3 Å². The van der Waals surface area contributed by atoms with Crippen LogP contribution in [-0.4, -0.2) is 77.1 Å². The van der Waals surface area contributed by atoms with Crippen molar-refractivity contribution < 1.29 is 9.53 Å². The normalized spacial score (nSPS) is 20.8. The number of nitrogens with zero attached hydrogens (tertiary/aromatic N) is 5. The summed E-state index contributed by atoms with van der Waals surface area (Å²) < 4.78 is 7.07. The predicted octanol–water partition coefficient (Wildman–Crippen LogP) is 1.37. The maximum absolute atomic E-state index is 12.7. The smallest absolute Gasteiger partial charge is 0.275 e. The van der Waals surface area contributed by atoms with E-state index >= 15 is 0 Å². The molecule has 0 unspecified atom stereocenters. The Morgan fingerprint density at radius 1 is 1.44 bits per heavy atom. The molecule has 1 aromatic carbocycles. The van der Waals surface area contributed by atoms with Crippen LogP contribution in [0.2, 0.25) is 0 Å². The van der Waals surface area contributed by atoms with Crippen LogP contribution in [0.1, 0.15) is 22.5 Å². The van der Waals surface area contributed by atoms with E-state index in [0.717, 1.165) is 24.2 Å². The Kier molecular flexibility index (Phi) is 5.15. The summed E-state index contributed by atoms with van der Waals surface area (Å²) in [7, 11) is 5.61. The number of rotatable bonds is 5. The van der Waals surface area contributed by atoms with Crippen LogP contribution in [0.15, 0.2) is 30.5 Å². The average Bonchev–Trinajstić information content (AvgIpc) is 3.21. The van der Waals surface area contributed by atoms with Crippen LogP contribution < -0.4 is 0 Å². The summed E-state index contributed by atoms with van der Waals surface area (Å²) in [5, 5.41) is 8.14. The van der Waals surface area contributed by atoms with Crippen molar-refractivity contribution in [3.63, 3.8) is 0 Å². The van der Waals surface area contributed by atoms with Crippen LogP contribution >= 0.6 is 0 Å². The standard InChI is InChI=1S/C18H25N5O2/c1-13-6-5-7-14(8-13)23-12-17(19-20-23)18(24)22(3)10-15-9-16(25-4)11-21(15)2/h5-8,12,15-16H,9-11H2,1-4H3/t15-,16-/m0/s1. The van der Waals surface area contributed by atoms with Gasteiger partial charge in [0.1, 0.15) is 0 Å². The van der Waals surface area contributed by atoms with Crippen LogP contribution in [0.4, 0.5) is 0 Å². The SMILES string of the molecule is CO[C@H]1C[C@@H](CN(C)C(=O)c2cn(-c3cccc(C)c3)nn2)N(C)C1. The molecule has 0 saturated carbocycles. The molecular weight excluding hydrogens is 318 g/mol. The first-order chi connectivity index (χ1) is 12.0. The van der Waals surface area contributed by atoms with E-state index in [1.165, 1.54) is 0 Å². The molecule has 7 heteroatoms. The molecule has 0 radical (unpaired) electrons. The van der Waals surface area contributed by atoms with E-state index in [4.69, 9.17) is 4.74 Å². The Hall–Kier alpha value is -2.25. The molecule has 2 heterocycles. The van der Waals surface area contributed by atoms with Gasteiger partial charge in [0.25, 0.3) is 5.91 Å². The lowest BCUT2D eigenvalue weighted by molar-refractivity contribution is 0.0754. The number of aromatic nitrogens is 3. The lowest BCUT2D eigenvalue weighted by Gasteiger charge is -2.24. The lowest BCUT2D eigenvalue weighted by atomic mass is 10.2. The Morgan fingerprint density at radius 2 is 2.24 bits per heavy atom. The Morgan fingerprint density at radius 3 is 2.92 bits per heavy atom. The number of ether oxygens (including phenoxy) is 1. The highest BCUT2D eigenvalue weighted by Crippen LogP contribution is 2.19. The second-order valence-corrected chi connectivity index (χ2v) is 6.76. The highest BCUT2D eigenvalue weighted by molar-refractivity contribution is 5.91. The van der Waals surface area contributed by atoms with E-state index in [0.29, 0.717) is 18.3 Å². The first kappa shape index (κ1) is 17.6. The van der Waals surface area contributed by atoms with E-state index in [2.05, 4.69) is 22.3 Å². The fraction of sp³-hybridized carbons (Fsp3) is 0.500. The van der Waals surface area contributed by atoms with Crippen LogP contribution in [0.5, 0.6) is 0 Å². The van der Waals surface area contributed by atoms with Crippen molar-refractivity contribution in [2.45, 2.75) is 25.5 Å². The molecule has 7 nitrogen and oxygen atoms in total. The first-order valence-corrected chi connectivity index (χ1v) is 8.46. The molecule has 2 atom stereocenters. The number of benzene rings is 1. The third-order valence-corrected chi connectivity index (χ3v) is 4.79. The molecule has 134 valence electrons. The summed E-state index contributed by atoms with van der Waals surface area (Å²) >= 11 is 0. The molecule has 0 N–H and O–H groups in total. The summed E-state index contributed by atoms with van der Waals surface area (Å²) in [5.74, 6) is -0.117. The number of hydrogen-bond acceptors (Lipinski definition) is 5. The summed E-state index contributed by atoms with van der Waals surface area (Å²) in [6.07, 6.45) is 2.85. The van der Waals surface area contributed by atoms with Gasteiger partial charge in [-0.1, -0.05) is 17.3 Å². The second kappa shape index (κ2) is 7.33. The maximum Gasteiger partial charge on any atom is 0.275 e. The van der Waals surface area contributed by atoms with Gasteiger partial charge in [-0.3, -0.25) is 9.69 Å². The zero-order chi connectivity index (χ0) is 18.0. The number of likely N-dealkylation sites (tertiary alicyclic amines) is 1. The molecule has 0 spiro atoms. The van der Waals surface area contributed by atoms with Gasteiger partial charge >= 0.3 is 0 Å². The summed E-state index contributed by atoms with van der Waals surface area (Å²) in [6.45, 7) is 3.56. The zero-order valence-corrected chi connectivity index (χ0v) is 15.2. The second-order valence-electron chi connectivity index (χ2n) is 6.76. The fourth-order valence-electron chi connectivity index (χ4n) is 3.27. The summed E-state index contributed by atoms with van der Waals surface area (Å²) in [5.41, 5.74) is 2.38. The Balaban J connectivity index is 1.67. The number of carbonyl (C=O) groups is 1. The Labute approximate surface area is 148 Å². The number of likely N-dealkylation sites (N-methyl/N-ethyl adjacent to an activating group) is 2. The average molecular weight is 343 g/mol. The van der Waals surface area contributed by atoms with Gasteiger partial charge in [-0.15, -0.1) is 5.10 Å². The number of aryl methyl sites for hydroxylation is 1. The monoisotopic (exact) mass is 343 g/mol. The van der Waals surface area contributed by atoms with Crippen LogP contribution in [0.3, 0.4) is 0 Å². The van der Waals surface area contributed by atoms with E-state index in [9.17, 15) is 4.79 Å². The maximum atomic E-state index is 12.7. The van der Waals surface area contributed by atoms with Crippen molar-refractivity contribution in [1.29, 1.82) is 0 Å². The fourth-order valence-corrected chi connectivity index (χ4v) is 3.27. The minimum Gasteiger partial charge on any atom is -0.380 e. The lowest BCUT2D eigenvalue weighted by Crippen LogP contribution is -2.39. The van der Waals surface area contributed by atoms with Gasteiger partial charge in [-0.25, -0.2) is 4.68 Å². The van der Waals surface area contributed by atoms with Crippen molar-refractivity contribution >= 4 is 5.91 Å². The Bertz CT molecular complexity index is 745. The van der Waals surface area contributed by atoms with Crippen LogP contribution in [-0.2, 0) is 4.74 Å². The molecule has 1 amide bonds. The number of carbonyl (C=O) groups excluding carboxylic acids is 1. The van der Waals surface area contributed by atoms with Crippen LogP contribution in [0, 0.1) is 6.92 Å². The van der Waals surface area contributed by atoms with Gasteiger partial charge in [0.15, 0.2) is 5.69 Å². The topological polar surface area (TPSA) is 63.5 Å². The van der Waals surface area contributed by atoms with Crippen molar-refractivity contribution in [3.8, 4) is 5.69 Å². The van der Waals surface area contributed by atoms with Gasteiger partial charge in [-0.05, 0) is 38.1 Å². The summed E-state index contributed by atoms with van der Waals surface area (Å²) in [6, 6.07) is 8.22. The number of hydrogen-bond donors (Lipinski definition) is 0. The van der Waals surface area contributed by atoms with Gasteiger partial charge < -0.3 is 9.64 Å². The minimum atomic E-state index is -0.117. The van der Waals surface area contributed by atoms with Gasteiger partial charge in [0.05, 0.1) is 18.0 Å². The van der Waals surface area contributed by atoms with E-state index in [1.807, 2.05) is 38.2 Å². The van der Waals surface area contributed by atoms with Crippen molar-refractivity contribution in [2.24, 2.45) is 0 Å². The summed E-state index contributed by atoms with van der Waals surface area (Å²) in [4.78, 5) is 16.6. The van der Waals surface area contributed by atoms with E-state index < -0.39 is 0 Å². The highest BCUT2D eigenvalue weighted by Gasteiger charge is 2.31. The molecule has 3 rings (SSSR count). The molecule has 1 fully saturated rings.